The van der Waals surface area contributed by atoms with Crippen molar-refractivity contribution in [3.63, 3.8) is 0 Å². The zero-order valence-electron chi connectivity index (χ0n) is 19.5. The molecule has 0 atom stereocenters. The third kappa shape index (κ3) is 7.89. The van der Waals surface area contributed by atoms with Crippen LogP contribution in [0.2, 0.25) is 0 Å². The number of aliphatic hydroxyl groups is 1. The van der Waals surface area contributed by atoms with Crippen molar-refractivity contribution in [3.8, 4) is 5.88 Å². The first-order valence-electron chi connectivity index (χ1n) is 10.8. The number of aliphatic hydroxyl groups excluding tert-OH is 1. The second-order valence-electron chi connectivity index (χ2n) is 7.41. The molecule has 1 aromatic carbocycles. The second kappa shape index (κ2) is 13.8. The van der Waals surface area contributed by atoms with Gasteiger partial charge in [0.1, 0.15) is 23.2 Å². The number of methoxy groups -OCH3 is 1. The molecule has 12 heteroatoms. The number of carbonyl (C=O) groups excluding carboxylic acids is 2. The van der Waals surface area contributed by atoms with E-state index in [0.29, 0.717) is 13.1 Å². The number of anilines is 1. The normalized spacial score (nSPS) is 10.9. The number of amides is 2. The number of hydrogen-bond donors (Lipinski definition) is 3. The van der Waals surface area contributed by atoms with Gasteiger partial charge < -0.3 is 24.8 Å². The maximum Gasteiger partial charge on any atom is 0.346 e. The highest BCUT2D eigenvalue weighted by Crippen LogP contribution is 2.32. The van der Waals surface area contributed by atoms with Crippen LogP contribution in [-0.2, 0) is 11.3 Å². The molecular formula is C22H30F2N4O5S. The molecule has 188 valence electrons. The van der Waals surface area contributed by atoms with Gasteiger partial charge in [-0.15, -0.1) is 0 Å². The van der Waals surface area contributed by atoms with Gasteiger partial charge in [0.25, 0.3) is 0 Å². The largest absolute Gasteiger partial charge is 0.471 e. The molecule has 0 radical (unpaired) electrons. The molecular weight excluding hydrogens is 470 g/mol. The summed E-state index contributed by atoms with van der Waals surface area (Å²) >= 11 is 0.803. The van der Waals surface area contributed by atoms with E-state index in [0.717, 1.165) is 49.6 Å². The Kier molecular flexibility index (Phi) is 11.1. The van der Waals surface area contributed by atoms with Gasteiger partial charge in [0.2, 0.25) is 5.88 Å². The van der Waals surface area contributed by atoms with Gasteiger partial charge in [0, 0.05) is 18.7 Å². The predicted molar refractivity (Wildman–Crippen MR) is 124 cm³/mol. The number of nitrogens with zero attached hydrogens (tertiary/aromatic N) is 2. The van der Waals surface area contributed by atoms with Gasteiger partial charge in [-0.1, -0.05) is 6.92 Å². The van der Waals surface area contributed by atoms with E-state index >= 15 is 0 Å². The van der Waals surface area contributed by atoms with Crippen molar-refractivity contribution >= 4 is 28.5 Å². The Labute approximate surface area is 201 Å². The highest BCUT2D eigenvalue weighted by molar-refractivity contribution is 7.11. The van der Waals surface area contributed by atoms with Crippen LogP contribution in [0.4, 0.5) is 18.6 Å². The number of unbranched alkanes of at least 4 members (excludes halogenated alkanes) is 1. The first-order valence-corrected chi connectivity index (χ1v) is 11.6. The topological polar surface area (TPSA) is 113 Å². The van der Waals surface area contributed by atoms with Crippen molar-refractivity contribution < 1.29 is 33.0 Å². The molecule has 0 fully saturated rings. The minimum Gasteiger partial charge on any atom is -0.471 e. The average Bonchev–Trinajstić information content (AvgIpc) is 3.21. The number of aryl methyl sites for hydroxylation is 1. The molecule has 0 aliphatic carbocycles. The molecule has 0 aliphatic rings. The second-order valence-corrected chi connectivity index (χ2v) is 8.18. The van der Waals surface area contributed by atoms with Crippen molar-refractivity contribution in [1.82, 2.24) is 14.6 Å². The van der Waals surface area contributed by atoms with Crippen LogP contribution in [0.25, 0.3) is 0 Å². The van der Waals surface area contributed by atoms with Crippen molar-refractivity contribution in [1.29, 1.82) is 0 Å². The SMILES string of the molecule is CCN(CCO)CCCCNC(=O)Nc1snc(OCc2cc(F)c(C)cc2F)c1C(=O)OC. The fourth-order valence-electron chi connectivity index (χ4n) is 3.06. The van der Waals surface area contributed by atoms with Crippen molar-refractivity contribution in [3.05, 3.63) is 40.5 Å². The van der Waals surface area contributed by atoms with E-state index < -0.39 is 23.6 Å². The lowest BCUT2D eigenvalue weighted by atomic mass is 10.1. The van der Waals surface area contributed by atoms with Crippen molar-refractivity contribution in [2.45, 2.75) is 33.3 Å². The number of rotatable bonds is 13. The lowest BCUT2D eigenvalue weighted by molar-refractivity contribution is 0.0596. The molecule has 2 amide bonds. The first-order chi connectivity index (χ1) is 16.3. The summed E-state index contributed by atoms with van der Waals surface area (Å²) in [4.78, 5) is 26.6. The molecule has 1 aromatic heterocycles. The third-order valence-electron chi connectivity index (χ3n) is 5.02. The number of hydrogen-bond acceptors (Lipinski definition) is 8. The van der Waals surface area contributed by atoms with Crippen LogP contribution >= 0.6 is 11.5 Å². The Morgan fingerprint density at radius 3 is 2.65 bits per heavy atom. The summed E-state index contributed by atoms with van der Waals surface area (Å²) in [7, 11) is 1.17. The summed E-state index contributed by atoms with van der Waals surface area (Å²) in [5.41, 5.74) is 0.00790. The van der Waals surface area contributed by atoms with E-state index in [-0.39, 0.29) is 40.8 Å². The maximum absolute atomic E-state index is 14.1. The Balaban J connectivity index is 1.95. The Bertz CT molecular complexity index is 973. The molecule has 2 rings (SSSR count). The fraction of sp³-hybridized carbons (Fsp3) is 0.500. The molecule has 1 heterocycles. The third-order valence-corrected chi connectivity index (χ3v) is 5.77. The number of nitrogens with one attached hydrogen (secondary N) is 2. The number of urea groups is 1. The van der Waals surface area contributed by atoms with Gasteiger partial charge in [0.15, 0.2) is 5.56 Å². The van der Waals surface area contributed by atoms with E-state index in [1.54, 1.807) is 0 Å². The molecule has 9 nitrogen and oxygen atoms in total. The maximum atomic E-state index is 14.1. The lowest BCUT2D eigenvalue weighted by Crippen LogP contribution is -2.31. The van der Waals surface area contributed by atoms with E-state index in [2.05, 4.69) is 19.9 Å². The summed E-state index contributed by atoms with van der Waals surface area (Å²) in [6.07, 6.45) is 1.57. The Morgan fingerprint density at radius 2 is 1.97 bits per heavy atom. The van der Waals surface area contributed by atoms with Crippen LogP contribution in [-0.4, -0.2) is 66.3 Å². The van der Waals surface area contributed by atoms with Crippen LogP contribution in [0.15, 0.2) is 12.1 Å². The van der Waals surface area contributed by atoms with Gasteiger partial charge in [-0.25, -0.2) is 18.4 Å². The van der Waals surface area contributed by atoms with Gasteiger partial charge in [-0.3, -0.25) is 5.32 Å². The number of likely N-dealkylation sites (N-methyl/N-ethyl adjacent to an activating group) is 1. The molecule has 3 N–H and O–H groups in total. The van der Waals surface area contributed by atoms with E-state index in [9.17, 15) is 18.4 Å². The zero-order chi connectivity index (χ0) is 25.1. The number of ether oxygens (including phenoxy) is 2. The molecule has 0 saturated heterocycles. The summed E-state index contributed by atoms with van der Waals surface area (Å²) in [5, 5.41) is 14.4. The van der Waals surface area contributed by atoms with E-state index in [1.807, 2.05) is 6.92 Å². The highest BCUT2D eigenvalue weighted by Gasteiger charge is 2.25. The van der Waals surface area contributed by atoms with Crippen molar-refractivity contribution in [2.24, 2.45) is 0 Å². The summed E-state index contributed by atoms with van der Waals surface area (Å²) < 4.78 is 42.1. The van der Waals surface area contributed by atoms with Crippen LogP contribution in [0.3, 0.4) is 0 Å². The van der Waals surface area contributed by atoms with Gasteiger partial charge in [-0.2, -0.15) is 4.37 Å². The lowest BCUT2D eigenvalue weighted by Gasteiger charge is -2.18. The number of carbonyl (C=O) groups is 2. The van der Waals surface area contributed by atoms with Crippen LogP contribution in [0.5, 0.6) is 5.88 Å². The number of benzene rings is 1. The molecule has 0 unspecified atom stereocenters. The van der Waals surface area contributed by atoms with Gasteiger partial charge >= 0.3 is 12.0 Å². The highest BCUT2D eigenvalue weighted by atomic mass is 32.1. The van der Waals surface area contributed by atoms with Crippen molar-refractivity contribution in [2.75, 3.05) is 45.2 Å². The van der Waals surface area contributed by atoms with E-state index in [4.69, 9.17) is 14.6 Å². The summed E-state index contributed by atoms with van der Waals surface area (Å²) in [6.45, 7) is 5.88. The summed E-state index contributed by atoms with van der Waals surface area (Å²) in [5.74, 6) is -2.18. The first kappa shape index (κ1) is 27.4. The summed E-state index contributed by atoms with van der Waals surface area (Å²) in [6, 6.07) is 1.54. The molecule has 0 saturated carbocycles. The Hall–Kier alpha value is -2.83. The predicted octanol–water partition coefficient (Wildman–Crippen LogP) is 3.31. The molecule has 34 heavy (non-hydrogen) atoms. The monoisotopic (exact) mass is 500 g/mol. The number of aromatic nitrogens is 1. The molecule has 0 aliphatic heterocycles. The zero-order valence-corrected chi connectivity index (χ0v) is 20.3. The van der Waals surface area contributed by atoms with Crippen LogP contribution in [0.1, 0.15) is 41.3 Å². The quantitative estimate of drug-likeness (QED) is 0.286. The minimum absolute atomic E-state index is 0.0419. The minimum atomic E-state index is -0.793. The molecule has 0 bridgehead atoms. The average molecular weight is 501 g/mol. The van der Waals surface area contributed by atoms with Crippen LogP contribution < -0.4 is 15.4 Å². The Morgan fingerprint density at radius 1 is 1.21 bits per heavy atom. The van der Waals surface area contributed by atoms with E-state index in [1.165, 1.54) is 14.0 Å². The fourth-order valence-corrected chi connectivity index (χ4v) is 3.78. The smallest absolute Gasteiger partial charge is 0.346 e. The number of esters is 1. The molecule has 0 spiro atoms. The van der Waals surface area contributed by atoms with Crippen LogP contribution in [0, 0.1) is 18.6 Å². The van der Waals surface area contributed by atoms with Gasteiger partial charge in [-0.05, 0) is 62.1 Å². The standard InChI is InChI=1S/C22H30F2N4O5S/c1-4-28(9-10-29)8-6-5-7-25-22(31)26-20-18(21(30)32-3)19(27-34-20)33-13-15-12-16(23)14(2)11-17(15)24/h11-12,29H,4-10,13H2,1-3H3,(H2,25,26,31). The number of halogens is 2. The van der Waals surface area contributed by atoms with Gasteiger partial charge in [0.05, 0.1) is 13.7 Å². The molecule has 2 aromatic rings.